The Labute approximate surface area is 162 Å². The van der Waals surface area contributed by atoms with E-state index in [-0.39, 0.29) is 13.4 Å². The normalized spacial score (nSPS) is 17.0. The largest absolute Gasteiger partial charge is 0.497 e. The number of rotatable bonds is 5. The van der Waals surface area contributed by atoms with E-state index in [1.165, 1.54) is 0 Å². The third kappa shape index (κ3) is 3.03. The van der Waals surface area contributed by atoms with Crippen molar-refractivity contribution in [3.05, 3.63) is 53.1 Å². The van der Waals surface area contributed by atoms with Gasteiger partial charge in [0.05, 0.1) is 25.0 Å². The topological polar surface area (TPSA) is 75.3 Å². The summed E-state index contributed by atoms with van der Waals surface area (Å²) in [6, 6.07) is 11.1. The van der Waals surface area contributed by atoms with Crippen LogP contribution in [-0.4, -0.2) is 33.6 Å². The van der Waals surface area contributed by atoms with Crippen LogP contribution in [0.15, 0.2) is 42.0 Å². The van der Waals surface area contributed by atoms with Crippen molar-refractivity contribution >= 4 is 17.4 Å². The van der Waals surface area contributed by atoms with Gasteiger partial charge in [-0.3, -0.25) is 0 Å². The van der Waals surface area contributed by atoms with Gasteiger partial charge in [-0.05, 0) is 31.2 Å². The van der Waals surface area contributed by atoms with E-state index in [0.717, 1.165) is 16.8 Å². The van der Waals surface area contributed by atoms with E-state index < -0.39 is 12.1 Å². The highest BCUT2D eigenvalue weighted by Crippen LogP contribution is 2.44. The summed E-state index contributed by atoms with van der Waals surface area (Å²) < 4.78 is 27.3. The number of fused-ring (bicyclic) bond motifs is 2. The molecule has 2 heterocycles. The van der Waals surface area contributed by atoms with E-state index in [1.807, 2.05) is 36.4 Å². The second-order valence-electron chi connectivity index (χ2n) is 6.27. The van der Waals surface area contributed by atoms with Crippen LogP contribution in [0.3, 0.4) is 0 Å². The average Bonchev–Trinajstić information content (AvgIpc) is 3.19. The Morgan fingerprint density at radius 1 is 1.14 bits per heavy atom. The van der Waals surface area contributed by atoms with Crippen LogP contribution in [0.1, 0.15) is 24.2 Å². The number of anilines is 1. The molecule has 1 N–H and O–H groups in total. The molecule has 2 aliphatic rings. The minimum atomic E-state index is -0.582. The van der Waals surface area contributed by atoms with Crippen LogP contribution in [0, 0.1) is 0 Å². The van der Waals surface area contributed by atoms with Gasteiger partial charge >= 0.3 is 5.97 Å². The average molecular weight is 383 g/mol. The number of ether oxygens (including phenoxy) is 5. The molecule has 0 amide bonds. The van der Waals surface area contributed by atoms with Gasteiger partial charge in [0, 0.05) is 30.0 Å². The van der Waals surface area contributed by atoms with Crippen molar-refractivity contribution in [2.45, 2.75) is 13.0 Å². The molecular weight excluding hydrogens is 362 g/mol. The second kappa shape index (κ2) is 7.44. The smallest absolute Gasteiger partial charge is 0.339 e. The predicted molar refractivity (Wildman–Crippen MR) is 102 cm³/mol. The molecule has 0 aliphatic carbocycles. The Bertz CT molecular complexity index is 952. The fourth-order valence-corrected chi connectivity index (χ4v) is 3.43. The zero-order chi connectivity index (χ0) is 19.7. The molecule has 0 bridgehead atoms. The van der Waals surface area contributed by atoms with Crippen molar-refractivity contribution in [1.29, 1.82) is 0 Å². The minimum absolute atomic E-state index is 0.177. The van der Waals surface area contributed by atoms with Gasteiger partial charge in [0.25, 0.3) is 0 Å². The fourth-order valence-electron chi connectivity index (χ4n) is 3.43. The maximum atomic E-state index is 12.8. The van der Waals surface area contributed by atoms with Gasteiger partial charge in [-0.25, -0.2) is 4.79 Å². The summed E-state index contributed by atoms with van der Waals surface area (Å²) in [5.74, 6) is 1.56. The van der Waals surface area contributed by atoms with Crippen LogP contribution in [0.2, 0.25) is 0 Å². The molecule has 2 aliphatic heterocycles. The molecule has 2 aromatic carbocycles. The fraction of sp³-hybridized carbons (Fsp3) is 0.286. The monoisotopic (exact) mass is 383 g/mol. The van der Waals surface area contributed by atoms with Gasteiger partial charge in [0.1, 0.15) is 11.9 Å². The SMILES string of the molecule is CCOC(=O)C1=C(c2ccc3c(c2)OCO3)Nc2cc(OC)ccc2C1OC. The van der Waals surface area contributed by atoms with Gasteiger partial charge in [-0.2, -0.15) is 0 Å². The summed E-state index contributed by atoms with van der Waals surface area (Å²) in [6.45, 7) is 2.22. The summed E-state index contributed by atoms with van der Waals surface area (Å²) >= 11 is 0. The molecule has 28 heavy (non-hydrogen) atoms. The van der Waals surface area contributed by atoms with Crippen LogP contribution < -0.4 is 19.5 Å². The van der Waals surface area contributed by atoms with Crippen LogP contribution in [0.4, 0.5) is 5.69 Å². The summed E-state index contributed by atoms with van der Waals surface area (Å²) in [5, 5.41) is 3.36. The molecule has 7 nitrogen and oxygen atoms in total. The molecule has 7 heteroatoms. The van der Waals surface area contributed by atoms with E-state index in [4.69, 9.17) is 23.7 Å². The maximum absolute atomic E-state index is 12.8. The lowest BCUT2D eigenvalue weighted by molar-refractivity contribution is -0.139. The number of nitrogens with one attached hydrogen (secondary N) is 1. The highest BCUT2D eigenvalue weighted by atomic mass is 16.7. The highest BCUT2D eigenvalue weighted by Gasteiger charge is 2.34. The molecule has 4 rings (SSSR count). The molecule has 0 fully saturated rings. The summed E-state index contributed by atoms with van der Waals surface area (Å²) in [5.41, 5.74) is 3.40. The number of esters is 1. The van der Waals surface area contributed by atoms with Crippen molar-refractivity contribution in [3.8, 4) is 17.2 Å². The molecule has 0 spiro atoms. The van der Waals surface area contributed by atoms with Crippen molar-refractivity contribution in [2.75, 3.05) is 32.9 Å². The Morgan fingerprint density at radius 2 is 1.96 bits per heavy atom. The second-order valence-corrected chi connectivity index (χ2v) is 6.27. The van der Waals surface area contributed by atoms with Gasteiger partial charge < -0.3 is 29.0 Å². The van der Waals surface area contributed by atoms with Crippen molar-refractivity contribution in [3.63, 3.8) is 0 Å². The number of benzene rings is 2. The first kappa shape index (κ1) is 18.2. The molecule has 0 aromatic heterocycles. The third-order valence-corrected chi connectivity index (χ3v) is 4.73. The molecule has 146 valence electrons. The van der Waals surface area contributed by atoms with E-state index in [1.54, 1.807) is 21.1 Å². The van der Waals surface area contributed by atoms with Gasteiger partial charge in [0.2, 0.25) is 6.79 Å². The van der Waals surface area contributed by atoms with Crippen LogP contribution in [0.5, 0.6) is 17.2 Å². The maximum Gasteiger partial charge on any atom is 0.339 e. The van der Waals surface area contributed by atoms with Crippen molar-refractivity contribution in [1.82, 2.24) is 0 Å². The molecule has 1 unspecified atom stereocenters. The Balaban J connectivity index is 1.87. The zero-order valence-electron chi connectivity index (χ0n) is 15.9. The summed E-state index contributed by atoms with van der Waals surface area (Å²) in [4.78, 5) is 12.8. The predicted octanol–water partition coefficient (Wildman–Crippen LogP) is 3.51. The molecular formula is C21H21NO6. The summed E-state index contributed by atoms with van der Waals surface area (Å²) in [6.07, 6.45) is -0.582. The quantitative estimate of drug-likeness (QED) is 0.792. The Hall–Kier alpha value is -3.19. The van der Waals surface area contributed by atoms with Crippen LogP contribution in [-0.2, 0) is 14.3 Å². The lowest BCUT2D eigenvalue weighted by Gasteiger charge is -2.30. The summed E-state index contributed by atoms with van der Waals surface area (Å²) in [7, 11) is 3.18. The van der Waals surface area contributed by atoms with E-state index >= 15 is 0 Å². The van der Waals surface area contributed by atoms with E-state index in [2.05, 4.69) is 5.32 Å². The molecule has 1 atom stereocenters. The minimum Gasteiger partial charge on any atom is -0.497 e. The molecule has 2 aromatic rings. The number of methoxy groups -OCH3 is 2. The first-order chi connectivity index (χ1) is 13.7. The van der Waals surface area contributed by atoms with Gasteiger partial charge in [-0.1, -0.05) is 6.07 Å². The lowest BCUT2D eigenvalue weighted by Crippen LogP contribution is -2.25. The zero-order valence-corrected chi connectivity index (χ0v) is 15.9. The Kier molecular flexibility index (Phi) is 4.83. The molecule has 0 radical (unpaired) electrons. The molecule has 0 saturated heterocycles. The highest BCUT2D eigenvalue weighted by molar-refractivity contribution is 6.03. The first-order valence-corrected chi connectivity index (χ1v) is 8.95. The van der Waals surface area contributed by atoms with Crippen LogP contribution in [0.25, 0.3) is 5.70 Å². The van der Waals surface area contributed by atoms with Crippen molar-refractivity contribution in [2.24, 2.45) is 0 Å². The third-order valence-electron chi connectivity index (χ3n) is 4.73. The molecule has 0 saturated carbocycles. The van der Waals surface area contributed by atoms with Crippen molar-refractivity contribution < 1.29 is 28.5 Å². The van der Waals surface area contributed by atoms with Gasteiger partial charge in [-0.15, -0.1) is 0 Å². The van der Waals surface area contributed by atoms with E-state index in [9.17, 15) is 4.79 Å². The number of hydrogen-bond donors (Lipinski definition) is 1. The van der Waals surface area contributed by atoms with Gasteiger partial charge in [0.15, 0.2) is 11.5 Å². The standard InChI is InChI=1S/C21H21NO6/c1-4-26-21(23)18-19(12-5-8-16-17(9-12)28-11-27-16)22-15-10-13(24-2)6-7-14(15)20(18)25-3/h5-10,20,22H,4,11H2,1-3H3. The Morgan fingerprint density at radius 3 is 2.71 bits per heavy atom. The number of hydrogen-bond acceptors (Lipinski definition) is 7. The van der Waals surface area contributed by atoms with Crippen LogP contribution >= 0.6 is 0 Å². The number of carbonyl (C=O) groups is 1. The number of carbonyl (C=O) groups excluding carboxylic acids is 1. The van der Waals surface area contributed by atoms with E-state index in [0.29, 0.717) is 28.5 Å². The lowest BCUT2D eigenvalue weighted by atomic mass is 9.91. The first-order valence-electron chi connectivity index (χ1n) is 8.95.